The molecule has 1 fully saturated rings. The van der Waals surface area contributed by atoms with E-state index >= 15 is 0 Å². The zero-order chi connectivity index (χ0) is 18.4. The molecule has 5 nitrogen and oxygen atoms in total. The maximum absolute atomic E-state index is 12.5. The third-order valence-electron chi connectivity index (χ3n) is 4.56. The van der Waals surface area contributed by atoms with E-state index < -0.39 is 10.0 Å². The van der Waals surface area contributed by atoms with Gasteiger partial charge in [-0.1, -0.05) is 50.1 Å². The summed E-state index contributed by atoms with van der Waals surface area (Å²) in [5.74, 6) is 0.341. The van der Waals surface area contributed by atoms with Crippen LogP contribution in [0.5, 0.6) is 0 Å². The number of sulfonamides is 1. The molecule has 1 aromatic rings. The van der Waals surface area contributed by atoms with E-state index in [4.69, 9.17) is 11.6 Å². The number of amides is 1. The van der Waals surface area contributed by atoms with E-state index in [1.165, 1.54) is 4.31 Å². The van der Waals surface area contributed by atoms with Crippen molar-refractivity contribution in [3.63, 3.8) is 0 Å². The zero-order valence-electron chi connectivity index (χ0n) is 14.9. The molecule has 0 aromatic heterocycles. The van der Waals surface area contributed by atoms with Crippen molar-refractivity contribution in [2.75, 3.05) is 31.9 Å². The lowest BCUT2D eigenvalue weighted by Gasteiger charge is -2.34. The van der Waals surface area contributed by atoms with Crippen molar-refractivity contribution in [3.8, 4) is 0 Å². The molecule has 0 bridgehead atoms. The number of carbonyl (C=O) groups is 1. The first-order valence-corrected chi connectivity index (χ1v) is 10.8. The summed E-state index contributed by atoms with van der Waals surface area (Å²) in [5.41, 5.74) is 0.803. The molecule has 1 aromatic carbocycles. The molecule has 1 atom stereocenters. The number of carbonyl (C=O) groups excluding carboxylic acids is 1. The Morgan fingerprint density at radius 3 is 2.44 bits per heavy atom. The van der Waals surface area contributed by atoms with Gasteiger partial charge in [0, 0.05) is 31.2 Å². The van der Waals surface area contributed by atoms with Crippen molar-refractivity contribution in [2.24, 2.45) is 5.92 Å². The second kappa shape index (κ2) is 9.01. The van der Waals surface area contributed by atoms with Crippen molar-refractivity contribution in [3.05, 3.63) is 34.9 Å². The molecule has 1 amide bonds. The number of rotatable bonds is 7. The van der Waals surface area contributed by atoms with Gasteiger partial charge in [0.05, 0.1) is 12.2 Å². The van der Waals surface area contributed by atoms with E-state index in [-0.39, 0.29) is 24.0 Å². The largest absolute Gasteiger partial charge is 0.340 e. The maximum atomic E-state index is 12.5. The van der Waals surface area contributed by atoms with Crippen molar-refractivity contribution in [1.29, 1.82) is 0 Å². The molecule has 140 valence electrons. The first kappa shape index (κ1) is 20.2. The molecule has 2 rings (SSSR count). The fourth-order valence-corrected chi connectivity index (χ4v) is 5.19. The number of piperazine rings is 1. The standard InChI is InChI=1S/C18H27ClN2O3S/c1-3-6-15(2)14-25(23,24)21-11-9-20(10-12-21)18(22)13-16-7-4-5-8-17(16)19/h4-5,7-8,15H,3,6,9-14H2,1-2H3. The molecule has 25 heavy (non-hydrogen) atoms. The second-order valence-electron chi connectivity index (χ2n) is 6.72. The molecule has 7 heteroatoms. The SMILES string of the molecule is CCCC(C)CS(=O)(=O)N1CCN(C(=O)Cc2ccccc2Cl)CC1. The highest BCUT2D eigenvalue weighted by molar-refractivity contribution is 7.89. The van der Waals surface area contributed by atoms with Gasteiger partial charge in [0.25, 0.3) is 0 Å². The molecule has 0 aliphatic carbocycles. The summed E-state index contributed by atoms with van der Waals surface area (Å²) in [4.78, 5) is 14.2. The summed E-state index contributed by atoms with van der Waals surface area (Å²) < 4.78 is 26.5. The maximum Gasteiger partial charge on any atom is 0.227 e. The minimum Gasteiger partial charge on any atom is -0.340 e. The highest BCUT2D eigenvalue weighted by Crippen LogP contribution is 2.18. The topological polar surface area (TPSA) is 57.7 Å². The van der Waals surface area contributed by atoms with Crippen molar-refractivity contribution >= 4 is 27.5 Å². The molecule has 1 unspecified atom stereocenters. The first-order valence-electron chi connectivity index (χ1n) is 8.82. The molecular formula is C18H27ClN2O3S. The fourth-order valence-electron chi connectivity index (χ4n) is 3.17. The Hall–Kier alpha value is -1.11. The Balaban J connectivity index is 1.88. The molecule has 1 aliphatic rings. The molecule has 0 radical (unpaired) electrons. The third kappa shape index (κ3) is 5.69. The van der Waals surface area contributed by atoms with Gasteiger partial charge in [0.2, 0.25) is 15.9 Å². The van der Waals surface area contributed by atoms with Crippen LogP contribution in [-0.2, 0) is 21.2 Å². The molecule has 1 heterocycles. The predicted octanol–water partition coefficient (Wildman–Crippen LogP) is 2.79. The summed E-state index contributed by atoms with van der Waals surface area (Å²) >= 11 is 6.11. The summed E-state index contributed by atoms with van der Waals surface area (Å²) in [5, 5.41) is 0.585. The molecule has 1 aliphatic heterocycles. The lowest BCUT2D eigenvalue weighted by Crippen LogP contribution is -2.51. The van der Waals surface area contributed by atoms with Gasteiger partial charge in [0.15, 0.2) is 0 Å². The summed E-state index contributed by atoms with van der Waals surface area (Å²) in [6, 6.07) is 7.30. The Morgan fingerprint density at radius 2 is 1.84 bits per heavy atom. The van der Waals surface area contributed by atoms with Crippen LogP contribution in [0, 0.1) is 5.92 Å². The van der Waals surface area contributed by atoms with Crippen LogP contribution in [-0.4, -0.2) is 55.5 Å². The molecule has 0 saturated carbocycles. The number of benzene rings is 1. The summed E-state index contributed by atoms with van der Waals surface area (Å²) in [6.45, 7) is 5.65. The van der Waals surface area contributed by atoms with Crippen LogP contribution in [0.2, 0.25) is 5.02 Å². The Kier molecular flexibility index (Phi) is 7.28. The average molecular weight is 387 g/mol. The minimum absolute atomic E-state index is 0.00972. The van der Waals surface area contributed by atoms with Gasteiger partial charge in [-0.25, -0.2) is 8.42 Å². The monoisotopic (exact) mass is 386 g/mol. The Bertz CT molecular complexity index is 685. The van der Waals surface area contributed by atoms with Crippen LogP contribution in [0.25, 0.3) is 0 Å². The average Bonchev–Trinajstić information content (AvgIpc) is 2.57. The van der Waals surface area contributed by atoms with Gasteiger partial charge >= 0.3 is 0 Å². The predicted molar refractivity (Wildman–Crippen MR) is 101 cm³/mol. The van der Waals surface area contributed by atoms with E-state index in [1.54, 1.807) is 11.0 Å². The molecule has 1 saturated heterocycles. The van der Waals surface area contributed by atoms with E-state index in [2.05, 4.69) is 6.92 Å². The zero-order valence-corrected chi connectivity index (χ0v) is 16.5. The third-order valence-corrected chi connectivity index (χ3v) is 7.07. The second-order valence-corrected chi connectivity index (χ2v) is 9.14. The van der Waals surface area contributed by atoms with E-state index in [0.29, 0.717) is 31.2 Å². The summed E-state index contributed by atoms with van der Waals surface area (Å²) in [7, 11) is -3.25. The van der Waals surface area contributed by atoms with E-state index in [0.717, 1.165) is 18.4 Å². The summed E-state index contributed by atoms with van der Waals surface area (Å²) in [6.07, 6.45) is 2.15. The normalized spacial score (nSPS) is 17.5. The van der Waals surface area contributed by atoms with Crippen molar-refractivity contribution < 1.29 is 13.2 Å². The highest BCUT2D eigenvalue weighted by atomic mass is 35.5. The van der Waals surface area contributed by atoms with E-state index in [1.807, 2.05) is 25.1 Å². The Labute approximate surface area is 156 Å². The van der Waals surface area contributed by atoms with Crippen LogP contribution in [0.3, 0.4) is 0 Å². The minimum atomic E-state index is -3.25. The highest BCUT2D eigenvalue weighted by Gasteiger charge is 2.29. The Morgan fingerprint density at radius 1 is 1.20 bits per heavy atom. The van der Waals surface area contributed by atoms with Crippen molar-refractivity contribution in [1.82, 2.24) is 9.21 Å². The lowest BCUT2D eigenvalue weighted by molar-refractivity contribution is -0.131. The number of nitrogens with zero attached hydrogens (tertiary/aromatic N) is 2. The van der Waals surface area contributed by atoms with Crippen LogP contribution >= 0.6 is 11.6 Å². The smallest absolute Gasteiger partial charge is 0.227 e. The van der Waals surface area contributed by atoms with Gasteiger partial charge in [0.1, 0.15) is 0 Å². The molecule has 0 N–H and O–H groups in total. The van der Waals surface area contributed by atoms with Gasteiger partial charge in [-0.2, -0.15) is 4.31 Å². The van der Waals surface area contributed by atoms with Crippen LogP contribution in [0.15, 0.2) is 24.3 Å². The quantitative estimate of drug-likeness (QED) is 0.724. The fraction of sp³-hybridized carbons (Fsp3) is 0.611. The van der Waals surface area contributed by atoms with Gasteiger partial charge < -0.3 is 4.90 Å². The van der Waals surface area contributed by atoms with Crippen LogP contribution < -0.4 is 0 Å². The lowest BCUT2D eigenvalue weighted by atomic mass is 10.1. The molecule has 0 spiro atoms. The molecular weight excluding hydrogens is 360 g/mol. The van der Waals surface area contributed by atoms with Crippen molar-refractivity contribution in [2.45, 2.75) is 33.1 Å². The van der Waals surface area contributed by atoms with Crippen LogP contribution in [0.1, 0.15) is 32.3 Å². The first-order chi connectivity index (χ1) is 11.8. The van der Waals surface area contributed by atoms with Gasteiger partial charge in [-0.05, 0) is 24.0 Å². The van der Waals surface area contributed by atoms with Gasteiger partial charge in [-0.15, -0.1) is 0 Å². The number of halogens is 1. The van der Waals surface area contributed by atoms with Gasteiger partial charge in [-0.3, -0.25) is 4.79 Å². The number of hydrogen-bond acceptors (Lipinski definition) is 3. The van der Waals surface area contributed by atoms with Crippen LogP contribution in [0.4, 0.5) is 0 Å². The number of hydrogen-bond donors (Lipinski definition) is 0. The van der Waals surface area contributed by atoms with E-state index in [9.17, 15) is 13.2 Å².